The first-order chi connectivity index (χ1) is 18.3. The summed E-state index contributed by atoms with van der Waals surface area (Å²) >= 11 is 0. The first-order valence-corrected chi connectivity index (χ1v) is 12.0. The summed E-state index contributed by atoms with van der Waals surface area (Å²) in [6.45, 7) is 4.96. The van der Waals surface area contributed by atoms with Gasteiger partial charge >= 0.3 is 12.1 Å². The smallest absolute Gasteiger partial charge is 0.412 e. The molecule has 0 saturated carbocycles. The molecule has 13 heteroatoms. The highest BCUT2D eigenvalue weighted by Crippen LogP contribution is 2.28. The van der Waals surface area contributed by atoms with Gasteiger partial charge in [0.15, 0.2) is 0 Å². The number of halogens is 1. The van der Waals surface area contributed by atoms with Crippen molar-refractivity contribution in [3.8, 4) is 0 Å². The van der Waals surface area contributed by atoms with Crippen molar-refractivity contribution in [2.24, 2.45) is 0 Å². The van der Waals surface area contributed by atoms with Crippen molar-refractivity contribution >= 4 is 47.1 Å². The van der Waals surface area contributed by atoms with E-state index in [1.807, 2.05) is 0 Å². The molecule has 1 atom stereocenters. The number of carbonyl (C=O) groups excluding carboxylic acids is 6. The second-order valence-corrected chi connectivity index (χ2v) is 9.96. The molecule has 0 bridgehead atoms. The van der Waals surface area contributed by atoms with Crippen molar-refractivity contribution in [1.82, 2.24) is 15.5 Å². The van der Waals surface area contributed by atoms with Crippen LogP contribution in [0.2, 0.25) is 0 Å². The van der Waals surface area contributed by atoms with E-state index in [9.17, 15) is 33.2 Å². The Hall–Kier alpha value is -4.81. The number of hydrogen-bond donors (Lipinski definition) is 4. The highest BCUT2D eigenvalue weighted by Gasteiger charge is 2.44. The number of amides is 7. The molecule has 1 unspecified atom stereocenters. The minimum Gasteiger partial charge on any atom is -0.444 e. The maximum atomic E-state index is 14.1. The highest BCUT2D eigenvalue weighted by molar-refractivity contribution is 6.23. The minimum atomic E-state index is -1.08. The van der Waals surface area contributed by atoms with Crippen LogP contribution in [0.3, 0.4) is 0 Å². The van der Waals surface area contributed by atoms with Crippen LogP contribution in [0.25, 0.3) is 0 Å². The summed E-state index contributed by atoms with van der Waals surface area (Å²) in [4.78, 5) is 74.6. The molecule has 204 valence electrons. The molecular formula is C26H26FN5O7. The first kappa shape index (κ1) is 27.2. The van der Waals surface area contributed by atoms with Gasteiger partial charge in [0.05, 0.1) is 16.8 Å². The fraction of sp³-hybridized carbons (Fsp3) is 0.308. The third kappa shape index (κ3) is 6.20. The Morgan fingerprint density at radius 1 is 1.03 bits per heavy atom. The Morgan fingerprint density at radius 3 is 2.44 bits per heavy atom. The number of hydrogen-bond acceptors (Lipinski definition) is 7. The maximum Gasteiger partial charge on any atom is 0.412 e. The Bertz CT molecular complexity index is 1400. The number of fused-ring (bicyclic) bond motifs is 1. The third-order valence-corrected chi connectivity index (χ3v) is 5.82. The van der Waals surface area contributed by atoms with E-state index >= 15 is 0 Å². The van der Waals surface area contributed by atoms with E-state index in [-0.39, 0.29) is 41.9 Å². The van der Waals surface area contributed by atoms with Crippen molar-refractivity contribution in [2.75, 3.05) is 10.6 Å². The summed E-state index contributed by atoms with van der Waals surface area (Å²) in [6, 6.07) is 6.30. The molecule has 2 aliphatic rings. The minimum absolute atomic E-state index is 0.0146. The fourth-order valence-electron chi connectivity index (χ4n) is 4.10. The zero-order chi connectivity index (χ0) is 28.5. The van der Waals surface area contributed by atoms with Crippen molar-refractivity contribution in [1.29, 1.82) is 0 Å². The van der Waals surface area contributed by atoms with Gasteiger partial charge in [-0.25, -0.2) is 14.0 Å². The van der Waals surface area contributed by atoms with Gasteiger partial charge in [-0.05, 0) is 63.1 Å². The lowest BCUT2D eigenvalue weighted by Crippen LogP contribution is -2.54. The van der Waals surface area contributed by atoms with Gasteiger partial charge < -0.3 is 15.4 Å². The quantitative estimate of drug-likeness (QED) is 0.425. The van der Waals surface area contributed by atoms with Gasteiger partial charge in [0.2, 0.25) is 11.8 Å². The van der Waals surface area contributed by atoms with Gasteiger partial charge in [-0.2, -0.15) is 0 Å². The molecule has 2 aliphatic heterocycles. The first-order valence-electron chi connectivity index (χ1n) is 12.0. The van der Waals surface area contributed by atoms with E-state index in [2.05, 4.69) is 21.3 Å². The predicted octanol–water partition coefficient (Wildman–Crippen LogP) is 2.90. The lowest BCUT2D eigenvalue weighted by Gasteiger charge is -2.27. The van der Waals surface area contributed by atoms with E-state index in [1.165, 1.54) is 24.3 Å². The SMILES string of the molecule is CC(C)(C)OC(=O)Nc1cc(NC(=O)NCc2ccc3c(c2)C(=O)N(C2CCC(=O)NC2=O)C3=O)ccc1F. The summed E-state index contributed by atoms with van der Waals surface area (Å²) in [7, 11) is 0. The molecule has 0 spiro atoms. The Balaban J connectivity index is 1.38. The zero-order valence-corrected chi connectivity index (χ0v) is 21.3. The molecule has 1 saturated heterocycles. The summed E-state index contributed by atoms with van der Waals surface area (Å²) in [5.74, 6) is -3.18. The predicted molar refractivity (Wildman–Crippen MR) is 135 cm³/mol. The van der Waals surface area contributed by atoms with Gasteiger partial charge in [-0.15, -0.1) is 0 Å². The van der Waals surface area contributed by atoms with E-state index in [4.69, 9.17) is 4.74 Å². The van der Waals surface area contributed by atoms with Gasteiger partial charge in [0.1, 0.15) is 17.5 Å². The van der Waals surface area contributed by atoms with Crippen LogP contribution in [0.4, 0.5) is 25.4 Å². The van der Waals surface area contributed by atoms with Crippen molar-refractivity contribution in [3.05, 3.63) is 58.9 Å². The Morgan fingerprint density at radius 2 is 1.74 bits per heavy atom. The van der Waals surface area contributed by atoms with Gasteiger partial charge in [0.25, 0.3) is 11.8 Å². The molecule has 4 N–H and O–H groups in total. The average Bonchev–Trinajstić information content (AvgIpc) is 3.08. The number of rotatable bonds is 5. The van der Waals surface area contributed by atoms with Crippen LogP contribution in [-0.4, -0.2) is 52.3 Å². The highest BCUT2D eigenvalue weighted by atomic mass is 19.1. The number of ether oxygens (including phenoxy) is 1. The van der Waals surface area contributed by atoms with Crippen LogP contribution in [0, 0.1) is 5.82 Å². The molecule has 0 aliphatic carbocycles. The maximum absolute atomic E-state index is 14.1. The number of carbonyl (C=O) groups is 6. The Labute approximate surface area is 222 Å². The van der Waals surface area contributed by atoms with E-state index in [0.29, 0.717) is 5.56 Å². The largest absolute Gasteiger partial charge is 0.444 e. The van der Waals surface area contributed by atoms with Crippen LogP contribution < -0.4 is 21.3 Å². The van der Waals surface area contributed by atoms with Gasteiger partial charge in [-0.1, -0.05) is 6.07 Å². The van der Waals surface area contributed by atoms with Crippen LogP contribution in [-0.2, 0) is 20.9 Å². The fourth-order valence-corrected chi connectivity index (χ4v) is 4.10. The average molecular weight is 540 g/mol. The third-order valence-electron chi connectivity index (χ3n) is 5.82. The van der Waals surface area contributed by atoms with Crippen LogP contribution >= 0.6 is 0 Å². The summed E-state index contributed by atoms with van der Waals surface area (Å²) in [5.41, 5.74) is -0.0785. The van der Waals surface area contributed by atoms with Gasteiger partial charge in [0, 0.05) is 18.7 Å². The van der Waals surface area contributed by atoms with E-state index in [1.54, 1.807) is 26.8 Å². The monoisotopic (exact) mass is 539 g/mol. The summed E-state index contributed by atoms with van der Waals surface area (Å²) in [6.07, 6.45) is -0.798. The molecule has 39 heavy (non-hydrogen) atoms. The number of imide groups is 2. The molecule has 0 radical (unpaired) electrons. The standard InChI is InChI=1S/C26H26FN5O7/c1-26(2,3)39-25(38)30-18-11-14(5-7-17(18)27)29-24(37)28-12-13-4-6-15-16(10-13)23(36)32(22(15)35)19-8-9-20(33)31-21(19)34/h4-7,10-11,19H,8-9,12H2,1-3H3,(H,30,38)(H2,28,29,37)(H,31,33,34). The number of piperidine rings is 1. The lowest BCUT2D eigenvalue weighted by molar-refractivity contribution is -0.136. The van der Waals surface area contributed by atoms with Crippen molar-refractivity contribution in [3.63, 3.8) is 0 Å². The molecule has 12 nitrogen and oxygen atoms in total. The van der Waals surface area contributed by atoms with Crippen LogP contribution in [0.15, 0.2) is 36.4 Å². The summed E-state index contributed by atoms with van der Waals surface area (Å²) < 4.78 is 19.2. The number of nitrogens with zero attached hydrogens (tertiary/aromatic N) is 1. The topological polar surface area (TPSA) is 163 Å². The van der Waals surface area contributed by atoms with Crippen molar-refractivity contribution < 1.29 is 37.9 Å². The second kappa shape index (κ2) is 10.5. The number of benzene rings is 2. The molecule has 4 rings (SSSR count). The number of anilines is 2. The van der Waals surface area contributed by atoms with Crippen molar-refractivity contribution in [2.45, 2.75) is 51.8 Å². The molecule has 7 amide bonds. The van der Waals surface area contributed by atoms with Gasteiger partial charge in [-0.3, -0.25) is 34.7 Å². The van der Waals surface area contributed by atoms with Crippen LogP contribution in [0.5, 0.6) is 0 Å². The van der Waals surface area contributed by atoms with E-state index < -0.39 is 53.2 Å². The second-order valence-electron chi connectivity index (χ2n) is 9.96. The molecule has 2 heterocycles. The van der Waals surface area contributed by atoms with E-state index in [0.717, 1.165) is 11.0 Å². The molecule has 2 aromatic carbocycles. The molecular weight excluding hydrogens is 513 g/mol. The van der Waals surface area contributed by atoms with Crippen LogP contribution in [0.1, 0.15) is 59.9 Å². The Kier molecular flexibility index (Phi) is 7.34. The summed E-state index contributed by atoms with van der Waals surface area (Å²) in [5, 5.41) is 9.53. The molecule has 2 aromatic rings. The zero-order valence-electron chi connectivity index (χ0n) is 21.3. The molecule has 0 aromatic heterocycles. The normalized spacial score (nSPS) is 16.9. The number of urea groups is 1. The number of nitrogens with one attached hydrogen (secondary N) is 4. The lowest BCUT2D eigenvalue weighted by atomic mass is 10.0. The molecule has 1 fully saturated rings.